The molecule has 4 aromatic rings. The van der Waals surface area contributed by atoms with Crippen LogP contribution in [-0.2, 0) is 23.2 Å². The standard InChI is InChI=1S/C21H20N4O3.C7H8O3S/c1-28-19-7-6-17(20(26)24-13-15-4-2-8-22-11-15)10-18(19)21(27)25-14-16-5-3-9-23-12-16;1-6-2-4-7(5-3-6)11(8,9)10/h2-12H,13-14H2,1H3,(H,24,26)(H,25,27);2-5H,1H3,(H,8,9,10). The fraction of sp³-hybridized carbons (Fsp3) is 0.143. The Kier molecular flexibility index (Phi) is 10.2. The largest absolute Gasteiger partial charge is 0.496 e. The van der Waals surface area contributed by atoms with Gasteiger partial charge < -0.3 is 15.4 Å². The minimum absolute atomic E-state index is 0.0666. The van der Waals surface area contributed by atoms with Crippen LogP contribution in [-0.4, -0.2) is 41.9 Å². The van der Waals surface area contributed by atoms with E-state index in [0.29, 0.717) is 30.0 Å². The van der Waals surface area contributed by atoms with Crippen LogP contribution in [0.1, 0.15) is 37.4 Å². The van der Waals surface area contributed by atoms with Gasteiger partial charge in [-0.3, -0.25) is 24.1 Å². The zero-order valence-electron chi connectivity index (χ0n) is 21.4. The maximum Gasteiger partial charge on any atom is 0.294 e. The second-order valence-corrected chi connectivity index (χ2v) is 9.71. The molecule has 0 aliphatic carbocycles. The van der Waals surface area contributed by atoms with Gasteiger partial charge in [-0.25, -0.2) is 0 Å². The molecule has 2 aromatic heterocycles. The van der Waals surface area contributed by atoms with Crippen LogP contribution in [0, 0.1) is 6.92 Å². The highest BCUT2D eigenvalue weighted by atomic mass is 32.2. The Balaban J connectivity index is 0.000000320. The van der Waals surface area contributed by atoms with E-state index in [1.54, 1.807) is 61.2 Å². The number of benzene rings is 2. The van der Waals surface area contributed by atoms with Gasteiger partial charge in [-0.2, -0.15) is 8.42 Å². The number of carbonyl (C=O) groups is 2. The van der Waals surface area contributed by atoms with Crippen molar-refractivity contribution in [1.29, 1.82) is 0 Å². The number of aromatic nitrogens is 2. The molecule has 10 nitrogen and oxygen atoms in total. The number of hydrogen-bond acceptors (Lipinski definition) is 7. The number of aryl methyl sites for hydroxylation is 1. The third-order valence-corrected chi connectivity index (χ3v) is 6.24. The summed E-state index contributed by atoms with van der Waals surface area (Å²) in [7, 11) is -2.54. The van der Waals surface area contributed by atoms with E-state index < -0.39 is 10.1 Å². The summed E-state index contributed by atoms with van der Waals surface area (Å²) in [6, 6.07) is 18.1. The first-order valence-electron chi connectivity index (χ1n) is 11.7. The summed E-state index contributed by atoms with van der Waals surface area (Å²) in [6.45, 7) is 2.52. The molecule has 0 saturated carbocycles. The van der Waals surface area contributed by atoms with Crippen molar-refractivity contribution in [3.05, 3.63) is 119 Å². The SMILES string of the molecule is COc1ccc(C(=O)NCc2cccnc2)cc1C(=O)NCc1cccnc1.Cc1ccc(S(=O)(=O)O)cc1. The Bertz CT molecular complexity index is 1500. The number of hydrogen-bond donors (Lipinski definition) is 3. The number of ether oxygens (including phenoxy) is 1. The monoisotopic (exact) mass is 548 g/mol. The lowest BCUT2D eigenvalue weighted by Gasteiger charge is -2.12. The van der Waals surface area contributed by atoms with Crippen LogP contribution in [0.4, 0.5) is 0 Å². The molecule has 202 valence electrons. The van der Waals surface area contributed by atoms with Gasteiger partial charge in [0.05, 0.1) is 17.6 Å². The quantitative estimate of drug-likeness (QED) is 0.283. The predicted octanol–water partition coefficient (Wildman–Crippen LogP) is 3.59. The molecule has 0 radical (unpaired) electrons. The number of carbonyl (C=O) groups excluding carboxylic acids is 2. The molecule has 2 amide bonds. The van der Waals surface area contributed by atoms with Crippen molar-refractivity contribution < 1.29 is 27.3 Å². The van der Waals surface area contributed by atoms with Crippen molar-refractivity contribution in [2.24, 2.45) is 0 Å². The number of nitrogens with zero attached hydrogens (tertiary/aromatic N) is 2. The predicted molar refractivity (Wildman–Crippen MR) is 145 cm³/mol. The van der Waals surface area contributed by atoms with E-state index in [4.69, 9.17) is 9.29 Å². The summed E-state index contributed by atoms with van der Waals surface area (Å²) in [4.78, 5) is 33.0. The second kappa shape index (κ2) is 13.8. The smallest absolute Gasteiger partial charge is 0.294 e. The van der Waals surface area contributed by atoms with Crippen molar-refractivity contribution >= 4 is 21.9 Å². The lowest BCUT2D eigenvalue weighted by Crippen LogP contribution is -2.26. The van der Waals surface area contributed by atoms with Gasteiger partial charge in [0.2, 0.25) is 0 Å². The zero-order valence-corrected chi connectivity index (χ0v) is 22.2. The highest BCUT2D eigenvalue weighted by molar-refractivity contribution is 7.85. The van der Waals surface area contributed by atoms with Gasteiger partial charge in [0.1, 0.15) is 5.75 Å². The van der Waals surface area contributed by atoms with Crippen molar-refractivity contribution in [3.8, 4) is 5.75 Å². The molecular weight excluding hydrogens is 520 g/mol. The minimum atomic E-state index is -4.02. The van der Waals surface area contributed by atoms with Crippen LogP contribution < -0.4 is 15.4 Å². The Hall–Kier alpha value is -4.61. The maximum atomic E-state index is 12.6. The Labute approximate surface area is 226 Å². The van der Waals surface area contributed by atoms with Gasteiger partial charge in [-0.1, -0.05) is 29.8 Å². The van der Waals surface area contributed by atoms with Gasteiger partial charge in [0.25, 0.3) is 21.9 Å². The Morgan fingerprint density at radius 1 is 0.846 bits per heavy atom. The summed E-state index contributed by atoms with van der Waals surface area (Å²) < 4.78 is 34.8. The van der Waals surface area contributed by atoms with Crippen LogP contribution >= 0.6 is 0 Å². The van der Waals surface area contributed by atoms with Crippen LogP contribution in [0.25, 0.3) is 0 Å². The van der Waals surface area contributed by atoms with Gasteiger partial charge in [0, 0.05) is 43.4 Å². The molecule has 0 spiro atoms. The van der Waals surface area contributed by atoms with Crippen LogP contribution in [0.5, 0.6) is 5.75 Å². The Morgan fingerprint density at radius 2 is 1.41 bits per heavy atom. The lowest BCUT2D eigenvalue weighted by molar-refractivity contribution is 0.0947. The molecule has 0 bridgehead atoms. The van der Waals surface area contributed by atoms with Gasteiger partial charge in [-0.05, 0) is 60.5 Å². The molecule has 11 heteroatoms. The van der Waals surface area contributed by atoms with Gasteiger partial charge >= 0.3 is 0 Å². The molecule has 4 rings (SSSR count). The van der Waals surface area contributed by atoms with Crippen molar-refractivity contribution in [2.75, 3.05) is 7.11 Å². The average molecular weight is 549 g/mol. The normalized spacial score (nSPS) is 10.5. The molecule has 0 fully saturated rings. The van der Waals surface area contributed by atoms with Gasteiger partial charge in [0.15, 0.2) is 0 Å². The lowest BCUT2D eigenvalue weighted by atomic mass is 10.1. The van der Waals surface area contributed by atoms with Crippen molar-refractivity contribution in [2.45, 2.75) is 24.9 Å². The summed E-state index contributed by atoms with van der Waals surface area (Å²) in [5.74, 6) is -0.220. The number of amides is 2. The third kappa shape index (κ3) is 9.02. The summed E-state index contributed by atoms with van der Waals surface area (Å²) in [6.07, 6.45) is 6.71. The number of pyridine rings is 2. The van der Waals surface area contributed by atoms with Crippen LogP contribution in [0.2, 0.25) is 0 Å². The maximum absolute atomic E-state index is 12.6. The minimum Gasteiger partial charge on any atom is -0.496 e. The highest BCUT2D eigenvalue weighted by Gasteiger charge is 2.16. The van der Waals surface area contributed by atoms with E-state index in [1.165, 1.54) is 25.3 Å². The van der Waals surface area contributed by atoms with E-state index in [-0.39, 0.29) is 16.7 Å². The molecule has 0 unspecified atom stereocenters. The first-order valence-corrected chi connectivity index (χ1v) is 13.2. The highest BCUT2D eigenvalue weighted by Crippen LogP contribution is 2.20. The molecule has 0 aliphatic heterocycles. The molecule has 0 atom stereocenters. The van der Waals surface area contributed by atoms with E-state index in [1.807, 2.05) is 19.1 Å². The molecule has 0 aliphatic rings. The Morgan fingerprint density at radius 3 is 1.90 bits per heavy atom. The molecule has 3 N–H and O–H groups in total. The summed E-state index contributed by atoms with van der Waals surface area (Å²) in [5, 5.41) is 5.63. The molecule has 39 heavy (non-hydrogen) atoms. The third-order valence-electron chi connectivity index (χ3n) is 5.38. The van der Waals surface area contributed by atoms with Crippen molar-refractivity contribution in [3.63, 3.8) is 0 Å². The first kappa shape index (κ1) is 29.0. The number of nitrogens with one attached hydrogen (secondary N) is 2. The topological polar surface area (TPSA) is 148 Å². The van der Waals surface area contributed by atoms with E-state index >= 15 is 0 Å². The fourth-order valence-electron chi connectivity index (χ4n) is 3.30. The van der Waals surface area contributed by atoms with E-state index in [0.717, 1.165) is 16.7 Å². The van der Waals surface area contributed by atoms with E-state index in [9.17, 15) is 18.0 Å². The second-order valence-electron chi connectivity index (χ2n) is 8.29. The first-order chi connectivity index (χ1) is 18.7. The molecule has 0 saturated heterocycles. The average Bonchev–Trinajstić information content (AvgIpc) is 2.95. The number of rotatable bonds is 8. The van der Waals surface area contributed by atoms with Crippen LogP contribution in [0.15, 0.2) is 96.4 Å². The van der Waals surface area contributed by atoms with Crippen LogP contribution in [0.3, 0.4) is 0 Å². The molecule has 2 aromatic carbocycles. The number of methoxy groups -OCH3 is 1. The molecular formula is C28H28N4O6S. The molecule has 2 heterocycles. The van der Waals surface area contributed by atoms with Crippen molar-refractivity contribution in [1.82, 2.24) is 20.6 Å². The van der Waals surface area contributed by atoms with Gasteiger partial charge in [-0.15, -0.1) is 0 Å². The summed E-state index contributed by atoms with van der Waals surface area (Å²) in [5.41, 5.74) is 3.38. The summed E-state index contributed by atoms with van der Waals surface area (Å²) >= 11 is 0. The van der Waals surface area contributed by atoms with E-state index in [2.05, 4.69) is 20.6 Å². The fourth-order valence-corrected chi connectivity index (χ4v) is 3.78. The zero-order chi connectivity index (χ0) is 28.3.